The van der Waals surface area contributed by atoms with Crippen molar-refractivity contribution in [2.75, 3.05) is 36.5 Å². The Morgan fingerprint density at radius 3 is 2.69 bits per heavy atom. The Hall–Kier alpha value is -4.19. The van der Waals surface area contributed by atoms with Gasteiger partial charge in [0.25, 0.3) is 5.91 Å². The summed E-state index contributed by atoms with van der Waals surface area (Å²) in [5.74, 6) is -0.570. The van der Waals surface area contributed by atoms with Crippen LogP contribution in [0.3, 0.4) is 0 Å². The SMILES string of the molecule is CC(C)(C)C(N)=CC(=N)NC(=O)c1ccc(F)c(Nc2ncnc3cnc(N4CCOCC4)nc23)c1. The van der Waals surface area contributed by atoms with Crippen molar-refractivity contribution in [2.24, 2.45) is 11.1 Å². The van der Waals surface area contributed by atoms with Gasteiger partial charge in [-0.15, -0.1) is 0 Å². The van der Waals surface area contributed by atoms with Gasteiger partial charge in [0.1, 0.15) is 29.0 Å². The number of ether oxygens (including phenoxy) is 1. The standard InChI is InChI=1S/C24H28FN9O2/c1-24(2,3)18(26)11-19(27)32-22(35)14-4-5-15(25)16(10-14)31-21-20-17(29-13-30-21)12-28-23(33-20)34-6-8-36-9-7-34/h4-5,10-13H,6-9,26H2,1-3H3,(H2,27,32,35)(H,29,30,31). The molecule has 2 aromatic heterocycles. The third kappa shape index (κ3) is 5.71. The summed E-state index contributed by atoms with van der Waals surface area (Å²) in [5.41, 5.74) is 7.13. The van der Waals surface area contributed by atoms with Gasteiger partial charge < -0.3 is 26.0 Å². The minimum Gasteiger partial charge on any atom is -0.401 e. The second-order valence-electron chi connectivity index (χ2n) is 9.26. The number of nitrogens with two attached hydrogens (primary N) is 1. The Kier molecular flexibility index (Phi) is 7.06. The second kappa shape index (κ2) is 10.2. The van der Waals surface area contributed by atoms with Crippen molar-refractivity contribution in [1.82, 2.24) is 25.3 Å². The number of halogens is 1. The molecular formula is C24H28FN9O2. The first-order chi connectivity index (χ1) is 17.1. The molecule has 1 aliphatic heterocycles. The number of carbonyl (C=O) groups excluding carboxylic acids is 1. The van der Waals surface area contributed by atoms with Gasteiger partial charge in [0.15, 0.2) is 5.82 Å². The van der Waals surface area contributed by atoms with Gasteiger partial charge >= 0.3 is 0 Å². The molecule has 1 amide bonds. The summed E-state index contributed by atoms with van der Waals surface area (Å²) < 4.78 is 20.1. The van der Waals surface area contributed by atoms with Crippen LogP contribution in [-0.2, 0) is 4.74 Å². The van der Waals surface area contributed by atoms with E-state index in [9.17, 15) is 9.18 Å². The highest BCUT2D eigenvalue weighted by atomic mass is 19.1. The number of carbonyl (C=O) groups is 1. The predicted molar refractivity (Wildman–Crippen MR) is 135 cm³/mol. The number of amidine groups is 1. The van der Waals surface area contributed by atoms with E-state index in [0.29, 0.717) is 49.0 Å². The molecule has 11 nitrogen and oxygen atoms in total. The fraction of sp³-hybridized carbons (Fsp3) is 0.333. The molecule has 36 heavy (non-hydrogen) atoms. The van der Waals surface area contributed by atoms with Crippen molar-refractivity contribution >= 4 is 40.2 Å². The minimum absolute atomic E-state index is 0.0189. The third-order valence-electron chi connectivity index (χ3n) is 5.55. The first kappa shape index (κ1) is 24.9. The van der Waals surface area contributed by atoms with E-state index in [0.717, 1.165) is 6.07 Å². The first-order valence-electron chi connectivity index (χ1n) is 11.4. The fourth-order valence-electron chi connectivity index (χ4n) is 3.34. The molecule has 188 valence electrons. The van der Waals surface area contributed by atoms with Crippen LogP contribution in [0.1, 0.15) is 31.1 Å². The van der Waals surface area contributed by atoms with Crippen LogP contribution in [0.5, 0.6) is 0 Å². The smallest absolute Gasteiger partial charge is 0.256 e. The molecular weight excluding hydrogens is 465 g/mol. The van der Waals surface area contributed by atoms with E-state index in [1.54, 1.807) is 6.20 Å². The van der Waals surface area contributed by atoms with Gasteiger partial charge in [0, 0.05) is 29.8 Å². The summed E-state index contributed by atoms with van der Waals surface area (Å²) in [6.45, 7) is 8.16. The van der Waals surface area contributed by atoms with Crippen LogP contribution < -0.4 is 21.3 Å². The zero-order valence-electron chi connectivity index (χ0n) is 20.3. The normalized spacial score (nSPS) is 14.6. The average molecular weight is 494 g/mol. The maximum absolute atomic E-state index is 14.7. The number of hydrogen-bond donors (Lipinski definition) is 4. The number of rotatable bonds is 5. The van der Waals surface area contributed by atoms with Crippen molar-refractivity contribution in [3.63, 3.8) is 0 Å². The Bertz CT molecular complexity index is 1330. The summed E-state index contributed by atoms with van der Waals surface area (Å²) in [6, 6.07) is 3.83. The number of amides is 1. The number of aromatic nitrogens is 4. The molecule has 1 fully saturated rings. The molecule has 3 aromatic rings. The van der Waals surface area contributed by atoms with E-state index in [1.165, 1.54) is 24.5 Å². The molecule has 0 spiro atoms. The lowest BCUT2D eigenvalue weighted by atomic mass is 9.92. The van der Waals surface area contributed by atoms with Crippen molar-refractivity contribution in [3.05, 3.63) is 53.9 Å². The molecule has 12 heteroatoms. The number of morpholine rings is 1. The zero-order chi connectivity index (χ0) is 25.9. The van der Waals surface area contributed by atoms with E-state index in [2.05, 4.69) is 30.6 Å². The molecule has 0 aliphatic carbocycles. The lowest BCUT2D eigenvalue weighted by Gasteiger charge is -2.26. The molecule has 0 unspecified atom stereocenters. The van der Waals surface area contributed by atoms with Gasteiger partial charge in [-0.1, -0.05) is 20.8 Å². The molecule has 0 bridgehead atoms. The molecule has 3 heterocycles. The van der Waals surface area contributed by atoms with E-state index >= 15 is 0 Å². The summed E-state index contributed by atoms with van der Waals surface area (Å²) in [5, 5.41) is 13.4. The molecule has 4 rings (SSSR count). The lowest BCUT2D eigenvalue weighted by molar-refractivity contribution is 0.0977. The highest BCUT2D eigenvalue weighted by Crippen LogP contribution is 2.26. The first-order valence-corrected chi connectivity index (χ1v) is 11.4. The van der Waals surface area contributed by atoms with Gasteiger partial charge in [-0.3, -0.25) is 10.2 Å². The second-order valence-corrected chi connectivity index (χ2v) is 9.26. The van der Waals surface area contributed by atoms with Crippen molar-refractivity contribution in [3.8, 4) is 0 Å². The Morgan fingerprint density at radius 2 is 1.97 bits per heavy atom. The highest BCUT2D eigenvalue weighted by Gasteiger charge is 2.18. The number of nitrogens with one attached hydrogen (secondary N) is 3. The maximum Gasteiger partial charge on any atom is 0.256 e. The summed E-state index contributed by atoms with van der Waals surface area (Å²) in [7, 11) is 0. The van der Waals surface area contributed by atoms with Gasteiger partial charge in [-0.25, -0.2) is 24.3 Å². The number of fused-ring (bicyclic) bond motifs is 1. The number of benzene rings is 1. The zero-order valence-corrected chi connectivity index (χ0v) is 20.3. The van der Waals surface area contributed by atoms with Crippen LogP contribution in [0.4, 0.5) is 21.8 Å². The number of nitrogens with zero attached hydrogens (tertiary/aromatic N) is 5. The van der Waals surface area contributed by atoms with Crippen molar-refractivity contribution < 1.29 is 13.9 Å². The maximum atomic E-state index is 14.7. The molecule has 1 saturated heterocycles. The Balaban J connectivity index is 1.58. The van der Waals surface area contributed by atoms with Gasteiger partial charge in [-0.2, -0.15) is 0 Å². The summed E-state index contributed by atoms with van der Waals surface area (Å²) in [6.07, 6.45) is 4.30. The van der Waals surface area contributed by atoms with Crippen LogP contribution in [0, 0.1) is 16.6 Å². The Labute approximate surface area is 207 Å². The molecule has 0 radical (unpaired) electrons. The third-order valence-corrected chi connectivity index (χ3v) is 5.55. The van der Waals surface area contributed by atoms with Crippen molar-refractivity contribution in [1.29, 1.82) is 5.41 Å². The summed E-state index contributed by atoms with van der Waals surface area (Å²) >= 11 is 0. The van der Waals surface area contributed by atoms with Crippen LogP contribution in [0.25, 0.3) is 11.0 Å². The number of hydrogen-bond acceptors (Lipinski definition) is 10. The molecule has 1 aromatic carbocycles. The van der Waals surface area contributed by atoms with E-state index in [-0.39, 0.29) is 28.3 Å². The Morgan fingerprint density at radius 1 is 1.22 bits per heavy atom. The van der Waals surface area contributed by atoms with Crippen LogP contribution in [-0.4, -0.2) is 58.0 Å². The van der Waals surface area contributed by atoms with Gasteiger partial charge in [0.05, 0.1) is 25.1 Å². The quantitative estimate of drug-likeness (QED) is 0.310. The molecule has 5 N–H and O–H groups in total. The van der Waals surface area contributed by atoms with E-state index in [1.807, 2.05) is 25.7 Å². The van der Waals surface area contributed by atoms with Crippen LogP contribution >= 0.6 is 0 Å². The monoisotopic (exact) mass is 493 g/mol. The van der Waals surface area contributed by atoms with Crippen LogP contribution in [0.15, 0.2) is 42.5 Å². The van der Waals surface area contributed by atoms with E-state index in [4.69, 9.17) is 15.9 Å². The molecule has 0 saturated carbocycles. The largest absolute Gasteiger partial charge is 0.401 e. The average Bonchev–Trinajstić information content (AvgIpc) is 2.85. The summed E-state index contributed by atoms with van der Waals surface area (Å²) in [4.78, 5) is 32.1. The predicted octanol–water partition coefficient (Wildman–Crippen LogP) is 2.73. The van der Waals surface area contributed by atoms with E-state index < -0.39 is 11.7 Å². The molecule has 1 aliphatic rings. The number of anilines is 3. The van der Waals surface area contributed by atoms with Gasteiger partial charge in [0.2, 0.25) is 5.95 Å². The van der Waals surface area contributed by atoms with Crippen LogP contribution in [0.2, 0.25) is 0 Å². The highest BCUT2D eigenvalue weighted by molar-refractivity contribution is 6.09. The fourth-order valence-corrected chi connectivity index (χ4v) is 3.34. The topological polar surface area (TPSA) is 155 Å². The molecule has 0 atom stereocenters. The minimum atomic E-state index is -0.590. The van der Waals surface area contributed by atoms with Crippen molar-refractivity contribution in [2.45, 2.75) is 20.8 Å². The van der Waals surface area contributed by atoms with Gasteiger partial charge in [-0.05, 0) is 24.3 Å². The lowest BCUT2D eigenvalue weighted by Crippen LogP contribution is -2.37. The number of allylic oxidation sites excluding steroid dienone is 1.